The van der Waals surface area contributed by atoms with Gasteiger partial charge in [0, 0.05) is 24.0 Å². The highest BCUT2D eigenvalue weighted by atomic mass is 79.9. The van der Waals surface area contributed by atoms with Crippen molar-refractivity contribution in [3.05, 3.63) is 131 Å². The number of carbonyl (C=O) groups is 2. The van der Waals surface area contributed by atoms with Crippen molar-refractivity contribution >= 4 is 43.5 Å². The van der Waals surface area contributed by atoms with Gasteiger partial charge in [0.25, 0.3) is 10.0 Å². The van der Waals surface area contributed by atoms with Crippen LogP contribution >= 0.6 is 15.9 Å². The lowest BCUT2D eigenvalue weighted by Crippen LogP contribution is -2.53. The highest BCUT2D eigenvalue weighted by molar-refractivity contribution is 9.10. The third kappa shape index (κ3) is 8.54. The molecule has 0 aliphatic carbocycles. The maximum absolute atomic E-state index is 15.2. The minimum absolute atomic E-state index is 0.0230. The first-order valence-electron chi connectivity index (χ1n) is 14.2. The molecule has 1 atom stereocenters. The third-order valence-corrected chi connectivity index (χ3v) is 9.26. The van der Waals surface area contributed by atoms with Gasteiger partial charge in [-0.25, -0.2) is 12.8 Å². The number of sulfonamides is 1. The number of rotatable bonds is 13. The summed E-state index contributed by atoms with van der Waals surface area (Å²) < 4.78 is 44.6. The molecule has 0 radical (unpaired) electrons. The number of anilines is 1. The largest absolute Gasteiger partial charge is 0.354 e. The molecule has 0 aliphatic heterocycles. The van der Waals surface area contributed by atoms with Crippen LogP contribution in [0.25, 0.3) is 0 Å². The van der Waals surface area contributed by atoms with Crippen molar-refractivity contribution in [1.82, 2.24) is 10.2 Å². The lowest BCUT2D eigenvalue weighted by molar-refractivity contribution is -0.140. The van der Waals surface area contributed by atoms with Crippen LogP contribution in [0.15, 0.2) is 119 Å². The molecular weight excluding hydrogens is 645 g/mol. The van der Waals surface area contributed by atoms with Crippen molar-refractivity contribution in [3.8, 4) is 0 Å². The van der Waals surface area contributed by atoms with Crippen LogP contribution in [0.3, 0.4) is 0 Å². The normalized spacial score (nSPS) is 12.0. The van der Waals surface area contributed by atoms with Gasteiger partial charge in [-0.3, -0.25) is 13.9 Å². The molecule has 0 spiro atoms. The Morgan fingerprint density at radius 3 is 2.02 bits per heavy atom. The standard InChI is InChI=1S/C34H35BrFN3O4S/c1-25(2)22-37-34(41)32(21-26-11-5-3-6-12-26)38(23-27-17-19-28(35)20-18-27)33(40)24-39(31-16-10-9-15-30(31)36)44(42,43)29-13-7-4-8-14-29/h3-20,25,32H,21-24H2,1-2H3,(H,37,41)/t32-/m0/s1. The van der Waals surface area contributed by atoms with E-state index in [1.54, 1.807) is 18.2 Å². The molecule has 2 amide bonds. The second kappa shape index (κ2) is 15.1. The molecule has 10 heteroatoms. The number of benzene rings is 4. The molecule has 0 unspecified atom stereocenters. The van der Waals surface area contributed by atoms with Crippen molar-refractivity contribution in [2.24, 2.45) is 5.92 Å². The zero-order chi connectivity index (χ0) is 31.7. The van der Waals surface area contributed by atoms with Crippen LogP contribution < -0.4 is 9.62 Å². The van der Waals surface area contributed by atoms with E-state index in [0.29, 0.717) is 6.54 Å². The highest BCUT2D eigenvalue weighted by Crippen LogP contribution is 2.27. The fraction of sp³-hybridized carbons (Fsp3) is 0.235. The number of hydrogen-bond acceptors (Lipinski definition) is 4. The van der Waals surface area contributed by atoms with Crippen LogP contribution in [-0.2, 0) is 32.6 Å². The predicted molar refractivity (Wildman–Crippen MR) is 174 cm³/mol. The summed E-state index contributed by atoms with van der Waals surface area (Å²) in [6.07, 6.45) is 0.193. The van der Waals surface area contributed by atoms with Gasteiger partial charge in [0.1, 0.15) is 18.4 Å². The number of para-hydroxylation sites is 1. The van der Waals surface area contributed by atoms with Gasteiger partial charge in [-0.1, -0.05) is 103 Å². The van der Waals surface area contributed by atoms with Crippen LogP contribution in [0.1, 0.15) is 25.0 Å². The van der Waals surface area contributed by atoms with Gasteiger partial charge >= 0.3 is 0 Å². The molecule has 44 heavy (non-hydrogen) atoms. The number of halogens is 2. The van der Waals surface area contributed by atoms with E-state index in [0.717, 1.165) is 26.0 Å². The van der Waals surface area contributed by atoms with Crippen LogP contribution in [0.2, 0.25) is 0 Å². The first kappa shape index (κ1) is 32.9. The third-order valence-electron chi connectivity index (χ3n) is 6.95. The lowest BCUT2D eigenvalue weighted by atomic mass is 10.0. The lowest BCUT2D eigenvalue weighted by Gasteiger charge is -2.34. The van der Waals surface area contributed by atoms with Crippen LogP contribution in [0.4, 0.5) is 10.1 Å². The molecule has 230 valence electrons. The van der Waals surface area contributed by atoms with Crippen molar-refractivity contribution in [2.45, 2.75) is 37.8 Å². The smallest absolute Gasteiger partial charge is 0.264 e. The topological polar surface area (TPSA) is 86.8 Å². The summed E-state index contributed by atoms with van der Waals surface area (Å²) in [4.78, 5) is 29.4. The van der Waals surface area contributed by atoms with Gasteiger partial charge in [0.05, 0.1) is 10.6 Å². The van der Waals surface area contributed by atoms with Gasteiger partial charge in [0.2, 0.25) is 11.8 Å². The maximum Gasteiger partial charge on any atom is 0.264 e. The second-order valence-corrected chi connectivity index (χ2v) is 13.5. The van der Waals surface area contributed by atoms with Gasteiger partial charge in [-0.2, -0.15) is 0 Å². The van der Waals surface area contributed by atoms with Gasteiger partial charge in [-0.15, -0.1) is 0 Å². The summed E-state index contributed by atoms with van der Waals surface area (Å²) in [7, 11) is -4.37. The van der Waals surface area contributed by atoms with Crippen molar-refractivity contribution < 1.29 is 22.4 Å². The predicted octanol–water partition coefficient (Wildman–Crippen LogP) is 6.20. The number of amides is 2. The molecule has 4 aromatic carbocycles. The number of carbonyl (C=O) groups excluding carboxylic acids is 2. The number of nitrogens with one attached hydrogen (secondary N) is 1. The Labute approximate surface area is 266 Å². The minimum atomic E-state index is -4.37. The fourth-order valence-electron chi connectivity index (χ4n) is 4.65. The Hall–Kier alpha value is -4.02. The summed E-state index contributed by atoms with van der Waals surface area (Å²) in [5.41, 5.74) is 1.30. The second-order valence-electron chi connectivity index (χ2n) is 10.8. The van der Waals surface area contributed by atoms with E-state index in [-0.39, 0.29) is 35.4 Å². The molecular formula is C34H35BrFN3O4S. The Bertz CT molecular complexity index is 1650. The van der Waals surface area contributed by atoms with E-state index in [1.807, 2.05) is 68.4 Å². The van der Waals surface area contributed by atoms with E-state index >= 15 is 4.39 Å². The van der Waals surface area contributed by atoms with E-state index in [2.05, 4.69) is 21.2 Å². The molecule has 0 bridgehead atoms. The SMILES string of the molecule is CC(C)CNC(=O)[C@H](Cc1ccccc1)N(Cc1ccc(Br)cc1)C(=O)CN(c1ccccc1F)S(=O)(=O)c1ccccc1. The Balaban J connectivity index is 1.79. The molecule has 4 rings (SSSR count). The van der Waals surface area contributed by atoms with Gasteiger partial charge < -0.3 is 10.2 Å². The summed E-state index contributed by atoms with van der Waals surface area (Å²) in [6, 6.07) is 28.6. The molecule has 4 aromatic rings. The maximum atomic E-state index is 15.2. The average Bonchev–Trinajstić information content (AvgIpc) is 3.02. The summed E-state index contributed by atoms with van der Waals surface area (Å²) in [6.45, 7) is 3.64. The van der Waals surface area contributed by atoms with E-state index < -0.39 is 34.3 Å². The average molecular weight is 681 g/mol. The molecule has 7 nitrogen and oxygen atoms in total. The Morgan fingerprint density at radius 1 is 0.818 bits per heavy atom. The first-order valence-corrected chi connectivity index (χ1v) is 16.5. The number of nitrogens with zero attached hydrogens (tertiary/aromatic N) is 2. The van der Waals surface area contributed by atoms with Crippen LogP contribution in [-0.4, -0.2) is 44.3 Å². The van der Waals surface area contributed by atoms with Crippen LogP contribution in [0.5, 0.6) is 0 Å². The summed E-state index contributed by atoms with van der Waals surface area (Å²) in [5.74, 6) is -1.65. The van der Waals surface area contributed by atoms with E-state index in [9.17, 15) is 18.0 Å². The molecule has 0 saturated carbocycles. The molecule has 0 aliphatic rings. The summed E-state index contributed by atoms with van der Waals surface area (Å²) in [5, 5.41) is 2.95. The zero-order valence-corrected chi connectivity index (χ0v) is 27.0. The Kier molecular flexibility index (Phi) is 11.3. The minimum Gasteiger partial charge on any atom is -0.354 e. The first-order chi connectivity index (χ1) is 21.1. The molecule has 0 aromatic heterocycles. The zero-order valence-electron chi connectivity index (χ0n) is 24.6. The van der Waals surface area contributed by atoms with Gasteiger partial charge in [-0.05, 0) is 53.4 Å². The quantitative estimate of drug-likeness (QED) is 0.182. The van der Waals surface area contributed by atoms with Crippen LogP contribution in [0, 0.1) is 11.7 Å². The van der Waals surface area contributed by atoms with Gasteiger partial charge in [0.15, 0.2) is 0 Å². The number of hydrogen-bond donors (Lipinski definition) is 1. The van der Waals surface area contributed by atoms with E-state index in [4.69, 9.17) is 0 Å². The fourth-order valence-corrected chi connectivity index (χ4v) is 6.36. The van der Waals surface area contributed by atoms with Crippen molar-refractivity contribution in [2.75, 3.05) is 17.4 Å². The molecule has 1 N–H and O–H groups in total. The molecule has 0 heterocycles. The molecule has 0 saturated heterocycles. The molecule has 0 fully saturated rings. The Morgan fingerprint density at radius 2 is 1.41 bits per heavy atom. The highest BCUT2D eigenvalue weighted by Gasteiger charge is 2.35. The summed E-state index contributed by atoms with van der Waals surface area (Å²) >= 11 is 3.43. The van der Waals surface area contributed by atoms with Crippen molar-refractivity contribution in [3.63, 3.8) is 0 Å². The monoisotopic (exact) mass is 679 g/mol. The van der Waals surface area contributed by atoms with Crippen molar-refractivity contribution in [1.29, 1.82) is 0 Å². The van der Waals surface area contributed by atoms with E-state index in [1.165, 1.54) is 35.2 Å².